The molecule has 0 amide bonds. The predicted octanol–water partition coefficient (Wildman–Crippen LogP) is 4.66. The molecule has 1 nitrogen and oxygen atoms in total. The maximum Gasteiger partial charge on any atom is 0.108 e. The fraction of sp³-hybridized carbons (Fsp3) is 0.500. The third-order valence-corrected chi connectivity index (χ3v) is 5.87. The number of hydrogen-bond acceptors (Lipinski definition) is 2. The standard InChI is InChI=1S/C14H14ClNS/c15-11-4-1-2-5-12(11)17-14(10-16)8-13(9-14)6-3-7-13/h1-2,4-5H,3,6-9H2. The van der Waals surface area contributed by atoms with Gasteiger partial charge >= 0.3 is 0 Å². The molecule has 0 saturated heterocycles. The highest BCUT2D eigenvalue weighted by molar-refractivity contribution is 8.01. The molecule has 0 atom stereocenters. The lowest BCUT2D eigenvalue weighted by atomic mass is 9.52. The van der Waals surface area contributed by atoms with Crippen molar-refractivity contribution >= 4 is 23.4 Å². The summed E-state index contributed by atoms with van der Waals surface area (Å²) in [5.41, 5.74) is 0.518. The molecule has 0 unspecified atom stereocenters. The average Bonchev–Trinajstić information content (AvgIpc) is 2.23. The Bertz CT molecular complexity index is 479. The van der Waals surface area contributed by atoms with Gasteiger partial charge in [-0.3, -0.25) is 0 Å². The molecule has 2 fully saturated rings. The van der Waals surface area contributed by atoms with Gasteiger partial charge in [0.15, 0.2) is 0 Å². The van der Waals surface area contributed by atoms with E-state index in [1.54, 1.807) is 11.8 Å². The predicted molar refractivity (Wildman–Crippen MR) is 71.2 cm³/mol. The van der Waals surface area contributed by atoms with Gasteiger partial charge in [0, 0.05) is 4.90 Å². The molecular formula is C14H14ClNS. The molecule has 2 saturated carbocycles. The molecule has 0 aromatic heterocycles. The van der Waals surface area contributed by atoms with Gasteiger partial charge in [0.1, 0.15) is 4.75 Å². The Hall–Kier alpha value is -0.650. The molecule has 2 aliphatic carbocycles. The van der Waals surface area contributed by atoms with Gasteiger partial charge in [-0.1, -0.05) is 30.2 Å². The minimum absolute atomic E-state index is 0.217. The highest BCUT2D eigenvalue weighted by Crippen LogP contribution is 2.65. The maximum atomic E-state index is 9.43. The summed E-state index contributed by atoms with van der Waals surface area (Å²) in [5.74, 6) is 0. The Kier molecular flexibility index (Phi) is 2.65. The monoisotopic (exact) mass is 263 g/mol. The highest BCUT2D eigenvalue weighted by Gasteiger charge is 2.58. The quantitative estimate of drug-likeness (QED) is 0.775. The second-order valence-corrected chi connectivity index (χ2v) is 7.18. The van der Waals surface area contributed by atoms with Gasteiger partial charge in [-0.2, -0.15) is 5.26 Å². The maximum absolute atomic E-state index is 9.43. The van der Waals surface area contributed by atoms with E-state index in [2.05, 4.69) is 6.07 Å². The van der Waals surface area contributed by atoms with Crippen molar-refractivity contribution in [2.24, 2.45) is 5.41 Å². The van der Waals surface area contributed by atoms with E-state index in [0.29, 0.717) is 5.41 Å². The van der Waals surface area contributed by atoms with Crippen molar-refractivity contribution in [1.29, 1.82) is 5.26 Å². The molecule has 1 spiro atoms. The van der Waals surface area contributed by atoms with Crippen LogP contribution in [0.4, 0.5) is 0 Å². The molecule has 0 heterocycles. The second kappa shape index (κ2) is 3.93. The summed E-state index contributed by atoms with van der Waals surface area (Å²) >= 11 is 7.82. The summed E-state index contributed by atoms with van der Waals surface area (Å²) in [6, 6.07) is 10.3. The topological polar surface area (TPSA) is 23.8 Å². The van der Waals surface area contributed by atoms with E-state index in [1.165, 1.54) is 19.3 Å². The fourth-order valence-electron chi connectivity index (χ4n) is 3.10. The SMILES string of the molecule is N#CC1(Sc2ccccc2Cl)CC2(CCC2)C1. The van der Waals surface area contributed by atoms with Gasteiger partial charge < -0.3 is 0 Å². The Balaban J connectivity index is 1.76. The van der Waals surface area contributed by atoms with Crippen LogP contribution in [0.1, 0.15) is 32.1 Å². The van der Waals surface area contributed by atoms with Crippen molar-refractivity contribution < 1.29 is 0 Å². The van der Waals surface area contributed by atoms with Crippen LogP contribution in [0.15, 0.2) is 29.2 Å². The average molecular weight is 264 g/mol. The first-order chi connectivity index (χ1) is 8.17. The Morgan fingerprint density at radius 2 is 1.94 bits per heavy atom. The zero-order valence-corrected chi connectivity index (χ0v) is 11.2. The molecule has 0 radical (unpaired) electrons. The van der Waals surface area contributed by atoms with Gasteiger partial charge in [-0.25, -0.2) is 0 Å². The van der Waals surface area contributed by atoms with Crippen LogP contribution < -0.4 is 0 Å². The summed E-state index contributed by atoms with van der Waals surface area (Å²) in [4.78, 5) is 1.05. The van der Waals surface area contributed by atoms with Crippen LogP contribution in [0.3, 0.4) is 0 Å². The Labute approximate surface area is 111 Å². The summed E-state index contributed by atoms with van der Waals surface area (Å²) in [6.45, 7) is 0. The van der Waals surface area contributed by atoms with Gasteiger partial charge in [0.2, 0.25) is 0 Å². The smallest absolute Gasteiger partial charge is 0.108 e. The first kappa shape index (κ1) is 11.4. The highest BCUT2D eigenvalue weighted by atomic mass is 35.5. The van der Waals surface area contributed by atoms with Crippen LogP contribution in [-0.4, -0.2) is 4.75 Å². The lowest BCUT2D eigenvalue weighted by Gasteiger charge is -2.57. The van der Waals surface area contributed by atoms with Crippen LogP contribution >= 0.6 is 23.4 Å². The van der Waals surface area contributed by atoms with Crippen molar-refractivity contribution in [3.8, 4) is 6.07 Å². The van der Waals surface area contributed by atoms with Crippen molar-refractivity contribution in [2.45, 2.75) is 41.7 Å². The lowest BCUT2D eigenvalue weighted by molar-refractivity contribution is 0.0152. The third kappa shape index (κ3) is 1.86. The lowest BCUT2D eigenvalue weighted by Crippen LogP contribution is -2.52. The molecule has 0 N–H and O–H groups in total. The van der Waals surface area contributed by atoms with Gasteiger partial charge in [-0.15, -0.1) is 11.8 Å². The molecule has 0 aliphatic heterocycles. The number of rotatable bonds is 2. The Morgan fingerprint density at radius 1 is 1.24 bits per heavy atom. The minimum Gasteiger partial charge on any atom is -0.197 e. The van der Waals surface area contributed by atoms with E-state index >= 15 is 0 Å². The molecule has 17 heavy (non-hydrogen) atoms. The Morgan fingerprint density at radius 3 is 2.47 bits per heavy atom. The summed E-state index contributed by atoms with van der Waals surface area (Å²) in [7, 11) is 0. The van der Waals surface area contributed by atoms with Crippen LogP contribution in [0, 0.1) is 16.7 Å². The van der Waals surface area contributed by atoms with Crippen molar-refractivity contribution in [1.82, 2.24) is 0 Å². The van der Waals surface area contributed by atoms with Gasteiger partial charge in [0.05, 0.1) is 11.1 Å². The first-order valence-electron chi connectivity index (χ1n) is 6.02. The molecular weight excluding hydrogens is 250 g/mol. The zero-order chi connectivity index (χ0) is 11.9. The second-order valence-electron chi connectivity index (χ2n) is 5.35. The number of thioether (sulfide) groups is 1. The molecule has 1 aromatic rings. The molecule has 0 bridgehead atoms. The molecule has 3 heteroatoms. The number of hydrogen-bond donors (Lipinski definition) is 0. The number of nitrogens with zero attached hydrogens (tertiary/aromatic N) is 1. The number of nitriles is 1. The van der Waals surface area contributed by atoms with Crippen LogP contribution in [0.5, 0.6) is 0 Å². The molecule has 88 valence electrons. The van der Waals surface area contributed by atoms with Crippen molar-refractivity contribution in [3.63, 3.8) is 0 Å². The minimum atomic E-state index is -0.217. The summed E-state index contributed by atoms with van der Waals surface area (Å²) in [5, 5.41) is 10.2. The molecule has 2 aliphatic rings. The summed E-state index contributed by atoms with van der Waals surface area (Å²) < 4.78 is -0.217. The zero-order valence-electron chi connectivity index (χ0n) is 9.58. The fourth-order valence-corrected chi connectivity index (χ4v) is 4.89. The van der Waals surface area contributed by atoms with Crippen LogP contribution in [0.25, 0.3) is 0 Å². The largest absolute Gasteiger partial charge is 0.197 e. The van der Waals surface area contributed by atoms with E-state index < -0.39 is 0 Å². The molecule has 3 rings (SSSR count). The van der Waals surface area contributed by atoms with Crippen LogP contribution in [0.2, 0.25) is 5.02 Å². The normalized spacial score (nSPS) is 23.5. The number of halogens is 1. The van der Waals surface area contributed by atoms with Crippen molar-refractivity contribution in [3.05, 3.63) is 29.3 Å². The molecule has 1 aromatic carbocycles. The number of benzene rings is 1. The van der Waals surface area contributed by atoms with E-state index in [-0.39, 0.29) is 4.75 Å². The van der Waals surface area contributed by atoms with Gasteiger partial charge in [0.25, 0.3) is 0 Å². The van der Waals surface area contributed by atoms with E-state index in [4.69, 9.17) is 11.6 Å². The third-order valence-electron chi connectivity index (χ3n) is 4.08. The summed E-state index contributed by atoms with van der Waals surface area (Å²) in [6.07, 6.45) is 6.08. The van der Waals surface area contributed by atoms with Crippen molar-refractivity contribution in [2.75, 3.05) is 0 Å². The van der Waals surface area contributed by atoms with Crippen LogP contribution in [-0.2, 0) is 0 Å². The van der Waals surface area contributed by atoms with Gasteiger partial charge in [-0.05, 0) is 43.2 Å². The van der Waals surface area contributed by atoms with E-state index in [9.17, 15) is 5.26 Å². The first-order valence-corrected chi connectivity index (χ1v) is 7.21. The van der Waals surface area contributed by atoms with E-state index in [1.807, 2.05) is 24.3 Å². The van der Waals surface area contributed by atoms with E-state index in [0.717, 1.165) is 22.8 Å².